The maximum Gasteiger partial charge on any atom is 0.228 e. The zero-order valence-electron chi connectivity index (χ0n) is 3.57. The maximum absolute atomic E-state index is 10.3. The molecule has 1 rings (SSSR count). The van der Waals surface area contributed by atoms with Gasteiger partial charge in [0.05, 0.1) is 4.61 Å². The predicted octanol–water partition coefficient (Wildman–Crippen LogP) is 0.743. The first kappa shape index (κ1) is 4.84. The van der Waals surface area contributed by atoms with Gasteiger partial charge in [-0.05, 0) is 22.0 Å². The van der Waals surface area contributed by atoms with E-state index in [9.17, 15) is 4.79 Å². The van der Waals surface area contributed by atoms with Crippen LogP contribution in [0, 0.1) is 0 Å². The molecule has 3 heteroatoms. The smallest absolute Gasteiger partial charge is 0.228 e. The van der Waals surface area contributed by atoms with E-state index in [0.29, 0.717) is 6.42 Å². The molecule has 1 amide bonds. The second-order valence-corrected chi connectivity index (χ2v) is 2.16. The van der Waals surface area contributed by atoms with Crippen molar-refractivity contribution >= 4 is 21.8 Å². The van der Waals surface area contributed by atoms with Gasteiger partial charge in [0.25, 0.3) is 0 Å². The summed E-state index contributed by atoms with van der Waals surface area (Å²) in [6.45, 7) is 0. The van der Waals surface area contributed by atoms with E-state index in [0.717, 1.165) is 4.61 Å². The summed E-state index contributed by atoms with van der Waals surface area (Å²) in [6.07, 6.45) is 2.31. The van der Waals surface area contributed by atoms with E-state index >= 15 is 0 Å². The van der Waals surface area contributed by atoms with Gasteiger partial charge in [0.1, 0.15) is 0 Å². The molecule has 7 heavy (non-hydrogen) atoms. The van der Waals surface area contributed by atoms with E-state index < -0.39 is 0 Å². The van der Waals surface area contributed by atoms with Crippen molar-refractivity contribution < 1.29 is 4.79 Å². The minimum atomic E-state index is 0.0619. The summed E-state index contributed by atoms with van der Waals surface area (Å²) in [5, 5.41) is 2.56. The molecule has 0 unspecified atom stereocenters. The van der Waals surface area contributed by atoms with Crippen molar-refractivity contribution in [1.29, 1.82) is 0 Å². The summed E-state index contributed by atoms with van der Waals surface area (Å²) < 4.78 is 0.789. The standard InChI is InChI=1S/C4H4BrNO/c5-3-1-2-4(7)6-3/h1H,2H2,(H,6,7). The third kappa shape index (κ3) is 1.03. The summed E-state index contributed by atoms with van der Waals surface area (Å²) >= 11 is 3.11. The first-order valence-corrected chi connectivity index (χ1v) is 2.74. The van der Waals surface area contributed by atoms with E-state index in [-0.39, 0.29) is 5.91 Å². The van der Waals surface area contributed by atoms with Crippen LogP contribution in [0.3, 0.4) is 0 Å². The van der Waals surface area contributed by atoms with Crippen LogP contribution in [0.5, 0.6) is 0 Å². The lowest BCUT2D eigenvalue weighted by Crippen LogP contribution is -2.11. The fraction of sp³-hybridized carbons (Fsp3) is 0.250. The molecule has 0 saturated heterocycles. The Morgan fingerprint density at radius 1 is 1.86 bits per heavy atom. The molecule has 0 saturated carbocycles. The van der Waals surface area contributed by atoms with Crippen molar-refractivity contribution in [3.8, 4) is 0 Å². The van der Waals surface area contributed by atoms with Gasteiger partial charge in [-0.25, -0.2) is 0 Å². The van der Waals surface area contributed by atoms with Crippen LogP contribution in [0.15, 0.2) is 10.7 Å². The van der Waals surface area contributed by atoms with Gasteiger partial charge in [0.2, 0.25) is 5.91 Å². The fourth-order valence-electron chi connectivity index (χ4n) is 0.418. The second kappa shape index (κ2) is 1.66. The van der Waals surface area contributed by atoms with Crippen molar-refractivity contribution in [2.24, 2.45) is 0 Å². The lowest BCUT2D eigenvalue weighted by atomic mass is 10.5. The van der Waals surface area contributed by atoms with E-state index in [1.807, 2.05) is 0 Å². The van der Waals surface area contributed by atoms with Crippen LogP contribution in [0.4, 0.5) is 0 Å². The normalized spacial score (nSPS) is 19.0. The van der Waals surface area contributed by atoms with Gasteiger partial charge in [-0.1, -0.05) is 0 Å². The van der Waals surface area contributed by atoms with E-state index in [4.69, 9.17) is 0 Å². The molecular formula is C4H4BrNO. The van der Waals surface area contributed by atoms with Gasteiger partial charge >= 0.3 is 0 Å². The van der Waals surface area contributed by atoms with Crippen LogP contribution in [0.25, 0.3) is 0 Å². The molecule has 1 N–H and O–H groups in total. The molecule has 0 fully saturated rings. The Hall–Kier alpha value is -0.310. The number of halogens is 1. The highest BCUT2D eigenvalue weighted by Crippen LogP contribution is 2.07. The first-order chi connectivity index (χ1) is 3.29. The van der Waals surface area contributed by atoms with Crippen molar-refractivity contribution in [2.45, 2.75) is 6.42 Å². The third-order valence-corrected chi connectivity index (χ3v) is 1.25. The summed E-state index contributed by atoms with van der Waals surface area (Å²) in [5.74, 6) is 0.0619. The van der Waals surface area contributed by atoms with E-state index in [1.54, 1.807) is 6.08 Å². The summed E-state index contributed by atoms with van der Waals surface area (Å²) in [6, 6.07) is 0. The van der Waals surface area contributed by atoms with Crippen molar-refractivity contribution in [2.75, 3.05) is 0 Å². The number of carbonyl (C=O) groups is 1. The van der Waals surface area contributed by atoms with Gasteiger partial charge in [0, 0.05) is 6.42 Å². The minimum Gasteiger partial charge on any atom is -0.320 e. The fourth-order valence-corrected chi connectivity index (χ4v) is 0.801. The van der Waals surface area contributed by atoms with Gasteiger partial charge in [-0.2, -0.15) is 0 Å². The van der Waals surface area contributed by atoms with E-state index in [1.165, 1.54) is 0 Å². The van der Waals surface area contributed by atoms with Crippen LogP contribution in [0.2, 0.25) is 0 Å². The number of nitrogens with one attached hydrogen (secondary N) is 1. The van der Waals surface area contributed by atoms with Crippen LogP contribution < -0.4 is 5.32 Å². The Morgan fingerprint density at radius 3 is 2.71 bits per heavy atom. The number of amides is 1. The molecule has 38 valence electrons. The van der Waals surface area contributed by atoms with Crippen LogP contribution in [-0.2, 0) is 4.79 Å². The SMILES string of the molecule is O=C1CC=C(Br)N1. The molecule has 0 atom stereocenters. The average molecular weight is 162 g/mol. The van der Waals surface area contributed by atoms with Crippen molar-refractivity contribution in [3.63, 3.8) is 0 Å². The zero-order valence-corrected chi connectivity index (χ0v) is 5.16. The molecule has 2 nitrogen and oxygen atoms in total. The summed E-state index contributed by atoms with van der Waals surface area (Å²) in [5.41, 5.74) is 0. The van der Waals surface area contributed by atoms with Gasteiger partial charge < -0.3 is 5.32 Å². The number of rotatable bonds is 0. The summed E-state index contributed by atoms with van der Waals surface area (Å²) in [4.78, 5) is 10.3. The molecule has 0 spiro atoms. The highest BCUT2D eigenvalue weighted by atomic mass is 79.9. The van der Waals surface area contributed by atoms with Crippen molar-refractivity contribution in [1.82, 2.24) is 5.32 Å². The van der Waals surface area contributed by atoms with Gasteiger partial charge in [-0.15, -0.1) is 0 Å². The Kier molecular flexibility index (Phi) is 1.15. The molecule has 0 aliphatic carbocycles. The van der Waals surface area contributed by atoms with Crippen LogP contribution >= 0.6 is 15.9 Å². The lowest BCUT2D eigenvalue weighted by Gasteiger charge is -1.85. The van der Waals surface area contributed by atoms with Gasteiger partial charge in [-0.3, -0.25) is 4.79 Å². The van der Waals surface area contributed by atoms with Crippen LogP contribution in [0.1, 0.15) is 6.42 Å². The quantitative estimate of drug-likeness (QED) is 0.523. The molecular weight excluding hydrogens is 158 g/mol. The molecule has 0 aromatic carbocycles. The molecule has 0 aromatic heterocycles. The highest BCUT2D eigenvalue weighted by molar-refractivity contribution is 9.11. The Morgan fingerprint density at radius 2 is 2.57 bits per heavy atom. The topological polar surface area (TPSA) is 29.1 Å². The third-order valence-electron chi connectivity index (χ3n) is 0.726. The molecule has 0 aromatic rings. The maximum atomic E-state index is 10.3. The molecule has 0 bridgehead atoms. The van der Waals surface area contributed by atoms with Crippen molar-refractivity contribution in [3.05, 3.63) is 10.7 Å². The largest absolute Gasteiger partial charge is 0.320 e. The highest BCUT2D eigenvalue weighted by Gasteiger charge is 2.06. The minimum absolute atomic E-state index is 0.0619. The monoisotopic (exact) mass is 161 g/mol. The van der Waals surface area contributed by atoms with E-state index in [2.05, 4.69) is 21.2 Å². The Labute approximate surface area is 49.7 Å². The molecule has 1 heterocycles. The molecule has 1 aliphatic heterocycles. The number of hydrogen-bond acceptors (Lipinski definition) is 1. The van der Waals surface area contributed by atoms with Crippen LogP contribution in [-0.4, -0.2) is 5.91 Å². The number of hydrogen-bond donors (Lipinski definition) is 1. The molecule has 0 radical (unpaired) electrons. The number of carbonyl (C=O) groups excluding carboxylic acids is 1. The first-order valence-electron chi connectivity index (χ1n) is 1.94. The Balaban J connectivity index is 2.58. The predicted molar refractivity (Wildman–Crippen MR) is 29.8 cm³/mol. The average Bonchev–Trinajstić information content (AvgIpc) is 1.87. The molecule has 1 aliphatic rings. The Bertz CT molecular complexity index is 130. The lowest BCUT2D eigenvalue weighted by molar-refractivity contribution is -0.118. The zero-order chi connectivity index (χ0) is 5.28. The summed E-state index contributed by atoms with van der Waals surface area (Å²) in [7, 11) is 0. The second-order valence-electron chi connectivity index (χ2n) is 1.30. The van der Waals surface area contributed by atoms with Gasteiger partial charge in [0.15, 0.2) is 0 Å².